The molecule has 60 heavy (non-hydrogen) atoms. The number of Topliss-reactive ketones (excluding diaryl/α,β-unsaturated/α-hetero) is 1. The lowest BCUT2D eigenvalue weighted by Gasteiger charge is -2.56. The molecule has 1 aromatic carbocycles. The molecule has 334 valence electrons. The molecule has 2 saturated heterocycles. The van der Waals surface area contributed by atoms with Crippen LogP contribution in [0.25, 0.3) is 0 Å². The summed E-state index contributed by atoms with van der Waals surface area (Å²) in [4.78, 5) is 40.0. The summed E-state index contributed by atoms with van der Waals surface area (Å²) in [6.45, 7) is 9.35. The largest absolute Gasteiger partial charge is 0.497 e. The molecule has 0 spiro atoms. The number of allylic oxidation sites excluding steroid dienone is 1. The van der Waals surface area contributed by atoms with Crippen LogP contribution in [0.5, 0.6) is 5.75 Å². The van der Waals surface area contributed by atoms with Gasteiger partial charge in [-0.25, -0.2) is 4.79 Å². The summed E-state index contributed by atoms with van der Waals surface area (Å²) in [5, 5.41) is 45.3. The zero-order valence-corrected chi connectivity index (χ0v) is 35.9. The maximum atomic E-state index is 14.0. The second-order valence-corrected chi connectivity index (χ2v) is 18.9. The number of aliphatic hydroxyl groups excluding tert-OH is 3. The van der Waals surface area contributed by atoms with Crippen LogP contribution < -0.4 is 4.74 Å². The van der Waals surface area contributed by atoms with E-state index in [4.69, 9.17) is 33.2 Å². The van der Waals surface area contributed by atoms with Gasteiger partial charge in [-0.05, 0) is 111 Å². The van der Waals surface area contributed by atoms with E-state index in [9.17, 15) is 34.8 Å². The number of carbonyl (C=O) groups is 3. The van der Waals surface area contributed by atoms with Crippen LogP contribution in [0.4, 0.5) is 0 Å². The van der Waals surface area contributed by atoms with E-state index in [1.807, 2.05) is 6.92 Å². The third-order valence-electron chi connectivity index (χ3n) is 15.0. The molecule has 16 atom stereocenters. The third-order valence-corrected chi connectivity index (χ3v) is 15.0. The van der Waals surface area contributed by atoms with E-state index in [-0.39, 0.29) is 60.3 Å². The molecule has 6 aliphatic rings. The van der Waals surface area contributed by atoms with E-state index in [1.165, 1.54) is 31.7 Å². The van der Waals surface area contributed by atoms with Gasteiger partial charge in [-0.1, -0.05) is 39.3 Å². The second-order valence-electron chi connectivity index (χ2n) is 18.9. The van der Waals surface area contributed by atoms with Gasteiger partial charge in [-0.15, -0.1) is 0 Å². The molecule has 4 N–H and O–H groups in total. The molecule has 3 saturated carbocycles. The summed E-state index contributed by atoms with van der Waals surface area (Å²) in [5.41, 5.74) is -0.0653. The number of ketones is 1. The lowest BCUT2D eigenvalue weighted by molar-refractivity contribution is -0.328. The predicted molar refractivity (Wildman–Crippen MR) is 215 cm³/mol. The minimum atomic E-state index is -1.56. The van der Waals surface area contributed by atoms with Crippen molar-refractivity contribution in [3.8, 4) is 5.75 Å². The number of methoxy groups -OCH3 is 1. The van der Waals surface area contributed by atoms with E-state index in [2.05, 4.69) is 26.8 Å². The molecule has 7 rings (SSSR count). The standard InChI is InChI=1S/C46H66O14/c1-24(2)7-16-35(49)25(3)46(53)34-15-14-33-31(13-10-28-21-29(48)17-19-45(28,33)5)32(34)22-38(46)59-43-40(57-26(4)47)37(18-20-55-43)58-44-41(39(51)36(50)23-56-44)60-42(52)27-8-11-30(54-6)12-9-27/h8-12,24-25,29,31-34,36-41,43-44,48,50-51,53H,7,13-23H2,1-6H3/t25-,29+,31+,32+,33+,34+,36?,37?,38+,39?,40?,41?,43?,44?,45+,46+/m1/s1. The molecular formula is C46H66O14. The summed E-state index contributed by atoms with van der Waals surface area (Å²) in [5.74, 6) is -0.896. The number of rotatable bonds is 13. The van der Waals surface area contributed by atoms with Crippen molar-refractivity contribution >= 4 is 17.7 Å². The highest BCUT2D eigenvalue weighted by Crippen LogP contribution is 2.64. The lowest BCUT2D eigenvalue weighted by atomic mass is 9.49. The van der Waals surface area contributed by atoms with Crippen molar-refractivity contribution in [2.75, 3.05) is 20.3 Å². The molecule has 7 unspecified atom stereocenters. The molecule has 14 nitrogen and oxygen atoms in total. The van der Waals surface area contributed by atoms with Crippen molar-refractivity contribution in [2.45, 2.75) is 160 Å². The zero-order chi connectivity index (χ0) is 43.1. The van der Waals surface area contributed by atoms with Gasteiger partial charge in [-0.3, -0.25) is 9.59 Å². The average molecular weight is 843 g/mol. The number of hydrogen-bond acceptors (Lipinski definition) is 14. The highest BCUT2D eigenvalue weighted by atomic mass is 16.7. The fourth-order valence-electron chi connectivity index (χ4n) is 11.6. The Morgan fingerprint density at radius 3 is 2.32 bits per heavy atom. The summed E-state index contributed by atoms with van der Waals surface area (Å²) >= 11 is 0. The molecule has 4 aliphatic carbocycles. The maximum absolute atomic E-state index is 14.0. The maximum Gasteiger partial charge on any atom is 0.338 e. The van der Waals surface area contributed by atoms with Gasteiger partial charge in [0, 0.05) is 25.7 Å². The van der Waals surface area contributed by atoms with Crippen LogP contribution in [0.2, 0.25) is 0 Å². The van der Waals surface area contributed by atoms with E-state index >= 15 is 0 Å². The fraction of sp³-hybridized carbons (Fsp3) is 0.761. The molecule has 14 heteroatoms. The lowest BCUT2D eigenvalue weighted by Crippen LogP contribution is -2.60. The van der Waals surface area contributed by atoms with Crippen molar-refractivity contribution in [1.29, 1.82) is 0 Å². The summed E-state index contributed by atoms with van der Waals surface area (Å²) in [6.07, 6.45) is -1.42. The highest BCUT2D eigenvalue weighted by Gasteiger charge is 2.65. The molecule has 1 aromatic rings. The molecule has 2 aliphatic heterocycles. The first-order valence-electron chi connectivity index (χ1n) is 22.1. The van der Waals surface area contributed by atoms with Crippen LogP contribution in [-0.4, -0.2) is 119 Å². The first-order chi connectivity index (χ1) is 28.5. The van der Waals surface area contributed by atoms with Crippen LogP contribution in [0.15, 0.2) is 35.9 Å². The number of hydrogen-bond donors (Lipinski definition) is 4. The van der Waals surface area contributed by atoms with Gasteiger partial charge in [0.05, 0.1) is 38.1 Å². The Kier molecular flexibility index (Phi) is 13.8. The fourth-order valence-corrected chi connectivity index (χ4v) is 11.6. The van der Waals surface area contributed by atoms with Gasteiger partial charge < -0.3 is 53.6 Å². The summed E-state index contributed by atoms with van der Waals surface area (Å²) in [7, 11) is 1.50. The Hall–Kier alpha value is -2.95. The summed E-state index contributed by atoms with van der Waals surface area (Å²) < 4.78 is 42.1. The molecule has 5 fully saturated rings. The highest BCUT2D eigenvalue weighted by molar-refractivity contribution is 5.89. The van der Waals surface area contributed by atoms with E-state index in [1.54, 1.807) is 12.1 Å². The first-order valence-corrected chi connectivity index (χ1v) is 22.1. The number of aliphatic hydroxyl groups is 4. The van der Waals surface area contributed by atoms with E-state index in [0.717, 1.165) is 32.1 Å². The number of esters is 2. The molecule has 0 amide bonds. The van der Waals surface area contributed by atoms with Gasteiger partial charge >= 0.3 is 11.9 Å². The molecular weight excluding hydrogens is 776 g/mol. The molecule has 0 radical (unpaired) electrons. The van der Waals surface area contributed by atoms with Crippen molar-refractivity contribution in [2.24, 2.45) is 40.9 Å². The van der Waals surface area contributed by atoms with Crippen molar-refractivity contribution in [3.63, 3.8) is 0 Å². The van der Waals surface area contributed by atoms with Crippen LogP contribution in [-0.2, 0) is 38.0 Å². The van der Waals surface area contributed by atoms with Crippen molar-refractivity contribution in [3.05, 3.63) is 41.5 Å². The van der Waals surface area contributed by atoms with Crippen LogP contribution >= 0.6 is 0 Å². The number of fused-ring (bicyclic) bond motifs is 5. The van der Waals surface area contributed by atoms with Crippen LogP contribution in [0, 0.1) is 40.9 Å². The van der Waals surface area contributed by atoms with Gasteiger partial charge in [-0.2, -0.15) is 0 Å². The normalized spacial score (nSPS) is 40.6. The Labute approximate surface area is 353 Å². The first kappa shape index (κ1) is 45.1. The minimum absolute atomic E-state index is 0.0191. The average Bonchev–Trinajstić information content (AvgIpc) is 3.51. The smallest absolute Gasteiger partial charge is 0.338 e. The van der Waals surface area contributed by atoms with E-state index in [0.29, 0.717) is 43.3 Å². The Balaban J connectivity index is 1.14. The Morgan fingerprint density at radius 2 is 1.62 bits per heavy atom. The SMILES string of the molecule is COc1ccc(C(=O)OC2C(OC3CCOC(O[C@H]4C[C@H]5[C@@H]6CC=C7C[C@@H](O)CC[C@]7(C)[C@H]6CC[C@@H]5[C@@]4(O)[C@H](C)C(=O)CCC(C)C)C3OC(C)=O)OCC(O)C2O)cc1. The van der Waals surface area contributed by atoms with Gasteiger partial charge in [0.1, 0.15) is 35.4 Å². The quantitative estimate of drug-likeness (QED) is 0.158. The number of ether oxygens (including phenoxy) is 7. The monoisotopic (exact) mass is 842 g/mol. The molecule has 0 bridgehead atoms. The van der Waals surface area contributed by atoms with Gasteiger partial charge in [0.2, 0.25) is 0 Å². The number of benzene rings is 1. The Morgan fingerprint density at radius 1 is 0.900 bits per heavy atom. The predicted octanol–water partition coefficient (Wildman–Crippen LogP) is 4.66. The van der Waals surface area contributed by atoms with Crippen LogP contribution in [0.1, 0.15) is 109 Å². The molecule has 2 heterocycles. The van der Waals surface area contributed by atoms with E-state index < -0.39 is 72.7 Å². The van der Waals surface area contributed by atoms with Crippen molar-refractivity contribution in [1.82, 2.24) is 0 Å². The zero-order valence-electron chi connectivity index (χ0n) is 35.9. The van der Waals surface area contributed by atoms with Gasteiger partial charge in [0.25, 0.3) is 0 Å². The summed E-state index contributed by atoms with van der Waals surface area (Å²) in [6, 6.07) is 6.18. The van der Waals surface area contributed by atoms with Crippen LogP contribution in [0.3, 0.4) is 0 Å². The van der Waals surface area contributed by atoms with Gasteiger partial charge in [0.15, 0.2) is 24.8 Å². The Bertz CT molecular complexity index is 1710. The number of carbonyl (C=O) groups excluding carboxylic acids is 3. The third kappa shape index (κ3) is 8.82. The topological polar surface area (TPSA) is 197 Å². The minimum Gasteiger partial charge on any atom is -0.497 e. The van der Waals surface area contributed by atoms with Crippen molar-refractivity contribution < 1.29 is 68.0 Å². The molecule has 0 aromatic heterocycles. The second kappa shape index (κ2) is 18.4.